The third kappa shape index (κ3) is 3.03. The minimum absolute atomic E-state index is 0.187. The van der Waals surface area contributed by atoms with Gasteiger partial charge in [-0.1, -0.05) is 19.1 Å². The Hall–Kier alpha value is -1.09. The Labute approximate surface area is 78.4 Å². The minimum Gasteiger partial charge on any atom is -0.448 e. The third-order valence-corrected chi connectivity index (χ3v) is 1.77. The summed E-state index contributed by atoms with van der Waals surface area (Å²) in [6.07, 6.45) is 8.38. The predicted molar refractivity (Wildman–Crippen MR) is 50.6 cm³/mol. The Morgan fingerprint density at radius 1 is 1.69 bits per heavy atom. The summed E-state index contributed by atoms with van der Waals surface area (Å²) < 4.78 is 10.3. The van der Waals surface area contributed by atoms with E-state index in [4.69, 9.17) is 9.15 Å². The summed E-state index contributed by atoms with van der Waals surface area (Å²) in [5.74, 6) is 1.04. The predicted octanol–water partition coefficient (Wildman–Crippen LogP) is 2.37. The van der Waals surface area contributed by atoms with Crippen molar-refractivity contribution in [2.75, 3.05) is 13.7 Å². The van der Waals surface area contributed by atoms with Gasteiger partial charge in [-0.15, -0.1) is 0 Å². The van der Waals surface area contributed by atoms with Crippen molar-refractivity contribution in [1.29, 1.82) is 0 Å². The number of hydrogen-bond donors (Lipinski definition) is 0. The Morgan fingerprint density at radius 2 is 2.54 bits per heavy atom. The van der Waals surface area contributed by atoms with Gasteiger partial charge in [0, 0.05) is 7.11 Å². The van der Waals surface area contributed by atoms with Crippen LogP contribution in [0.15, 0.2) is 29.2 Å². The molecule has 0 saturated heterocycles. The Bertz CT molecular complexity index is 241. The second-order valence-corrected chi connectivity index (χ2v) is 2.80. The molecule has 1 aromatic heterocycles. The SMILES string of the molecule is CC/C=C\C(COC)c1cnco1. The zero-order valence-corrected chi connectivity index (χ0v) is 8.06. The maximum Gasteiger partial charge on any atom is 0.180 e. The van der Waals surface area contributed by atoms with Gasteiger partial charge in [-0.25, -0.2) is 4.98 Å². The topological polar surface area (TPSA) is 35.3 Å². The standard InChI is InChI=1S/C10H15NO2/c1-3-4-5-9(7-12-2)10-6-11-8-13-10/h4-6,8-9H,3,7H2,1-2H3/b5-4-. The molecule has 13 heavy (non-hydrogen) atoms. The van der Waals surface area contributed by atoms with E-state index in [-0.39, 0.29) is 5.92 Å². The highest BCUT2D eigenvalue weighted by molar-refractivity contribution is 5.09. The first-order valence-corrected chi connectivity index (χ1v) is 4.42. The number of allylic oxidation sites excluding steroid dienone is 1. The second kappa shape index (κ2) is 5.54. The van der Waals surface area contributed by atoms with E-state index in [0.717, 1.165) is 12.2 Å². The molecule has 0 aromatic carbocycles. The number of oxazole rings is 1. The summed E-state index contributed by atoms with van der Waals surface area (Å²) in [5, 5.41) is 0. The number of aromatic nitrogens is 1. The first kappa shape index (κ1) is 9.99. The maximum absolute atomic E-state index is 5.20. The first-order valence-electron chi connectivity index (χ1n) is 4.42. The molecule has 0 bridgehead atoms. The highest BCUT2D eigenvalue weighted by Gasteiger charge is 2.10. The molecule has 0 radical (unpaired) electrons. The van der Waals surface area contributed by atoms with Crippen molar-refractivity contribution >= 4 is 0 Å². The van der Waals surface area contributed by atoms with E-state index >= 15 is 0 Å². The van der Waals surface area contributed by atoms with Crippen LogP contribution in [-0.4, -0.2) is 18.7 Å². The summed E-state index contributed by atoms with van der Waals surface area (Å²) in [6.45, 7) is 2.73. The fourth-order valence-corrected chi connectivity index (χ4v) is 1.12. The van der Waals surface area contributed by atoms with E-state index in [1.165, 1.54) is 6.39 Å². The maximum atomic E-state index is 5.20. The zero-order valence-electron chi connectivity index (χ0n) is 8.06. The Balaban J connectivity index is 2.62. The molecule has 1 unspecified atom stereocenters. The first-order chi connectivity index (χ1) is 6.38. The number of ether oxygens (including phenoxy) is 1. The van der Waals surface area contributed by atoms with Crippen molar-refractivity contribution in [3.63, 3.8) is 0 Å². The summed E-state index contributed by atoms with van der Waals surface area (Å²) in [5.41, 5.74) is 0. The summed E-state index contributed by atoms with van der Waals surface area (Å²) in [6, 6.07) is 0. The van der Waals surface area contributed by atoms with E-state index < -0.39 is 0 Å². The smallest absolute Gasteiger partial charge is 0.180 e. The van der Waals surface area contributed by atoms with Gasteiger partial charge in [0.05, 0.1) is 18.7 Å². The van der Waals surface area contributed by atoms with E-state index in [0.29, 0.717) is 6.61 Å². The molecule has 0 fully saturated rings. The average molecular weight is 181 g/mol. The number of nitrogens with zero attached hydrogens (tertiary/aromatic N) is 1. The molecule has 0 aliphatic heterocycles. The lowest BCUT2D eigenvalue weighted by atomic mass is 10.1. The van der Waals surface area contributed by atoms with Crippen LogP contribution in [0.1, 0.15) is 25.0 Å². The highest BCUT2D eigenvalue weighted by atomic mass is 16.5. The minimum atomic E-state index is 0.187. The quantitative estimate of drug-likeness (QED) is 0.654. The average Bonchev–Trinajstić information content (AvgIpc) is 2.65. The molecule has 0 aliphatic rings. The molecule has 72 valence electrons. The summed E-state index contributed by atoms with van der Waals surface area (Å²) >= 11 is 0. The lowest BCUT2D eigenvalue weighted by Crippen LogP contribution is -2.02. The number of hydrogen-bond acceptors (Lipinski definition) is 3. The monoisotopic (exact) mass is 181 g/mol. The van der Waals surface area contributed by atoms with Crippen LogP contribution < -0.4 is 0 Å². The normalized spacial score (nSPS) is 13.7. The van der Waals surface area contributed by atoms with Crippen molar-refractivity contribution < 1.29 is 9.15 Å². The van der Waals surface area contributed by atoms with Crippen molar-refractivity contribution in [3.05, 3.63) is 30.5 Å². The van der Waals surface area contributed by atoms with Crippen LogP contribution in [0.4, 0.5) is 0 Å². The van der Waals surface area contributed by atoms with Crippen molar-refractivity contribution in [1.82, 2.24) is 4.98 Å². The molecule has 1 rings (SSSR count). The van der Waals surface area contributed by atoms with Crippen molar-refractivity contribution in [2.24, 2.45) is 0 Å². The second-order valence-electron chi connectivity index (χ2n) is 2.80. The van der Waals surface area contributed by atoms with Gasteiger partial charge in [-0.3, -0.25) is 0 Å². The van der Waals surface area contributed by atoms with Gasteiger partial charge in [0.25, 0.3) is 0 Å². The number of rotatable bonds is 5. The van der Waals surface area contributed by atoms with E-state index in [1.54, 1.807) is 13.3 Å². The molecule has 0 saturated carbocycles. The molecule has 1 aromatic rings. The van der Waals surface area contributed by atoms with Crippen LogP contribution in [0.2, 0.25) is 0 Å². The molecular weight excluding hydrogens is 166 g/mol. The molecule has 0 aliphatic carbocycles. The van der Waals surface area contributed by atoms with Gasteiger partial charge < -0.3 is 9.15 Å². The molecular formula is C10H15NO2. The van der Waals surface area contributed by atoms with Crippen molar-refractivity contribution in [2.45, 2.75) is 19.3 Å². The lowest BCUT2D eigenvalue weighted by molar-refractivity contribution is 0.184. The van der Waals surface area contributed by atoms with Crippen LogP contribution >= 0.6 is 0 Å². The van der Waals surface area contributed by atoms with Gasteiger partial charge in [-0.05, 0) is 6.42 Å². The summed E-state index contributed by atoms with van der Waals surface area (Å²) in [4.78, 5) is 3.88. The molecule has 1 heterocycles. The third-order valence-electron chi connectivity index (χ3n) is 1.77. The Kier molecular flexibility index (Phi) is 4.26. The molecule has 0 spiro atoms. The van der Waals surface area contributed by atoms with Crippen LogP contribution in [-0.2, 0) is 4.74 Å². The van der Waals surface area contributed by atoms with Crippen molar-refractivity contribution in [3.8, 4) is 0 Å². The Morgan fingerprint density at radius 3 is 3.08 bits per heavy atom. The van der Waals surface area contributed by atoms with E-state index in [2.05, 4.69) is 24.1 Å². The molecule has 0 amide bonds. The van der Waals surface area contributed by atoms with Crippen LogP contribution in [0, 0.1) is 0 Å². The van der Waals surface area contributed by atoms with Gasteiger partial charge in [-0.2, -0.15) is 0 Å². The fourth-order valence-electron chi connectivity index (χ4n) is 1.12. The van der Waals surface area contributed by atoms with Gasteiger partial charge in [0.15, 0.2) is 6.39 Å². The zero-order chi connectivity index (χ0) is 9.52. The summed E-state index contributed by atoms with van der Waals surface area (Å²) in [7, 11) is 1.68. The lowest BCUT2D eigenvalue weighted by Gasteiger charge is -2.06. The largest absolute Gasteiger partial charge is 0.448 e. The molecule has 0 N–H and O–H groups in total. The van der Waals surface area contributed by atoms with Crippen LogP contribution in [0.5, 0.6) is 0 Å². The number of methoxy groups -OCH3 is 1. The molecule has 3 heteroatoms. The fraction of sp³-hybridized carbons (Fsp3) is 0.500. The van der Waals surface area contributed by atoms with E-state index in [1.807, 2.05) is 0 Å². The molecule has 1 atom stereocenters. The van der Waals surface area contributed by atoms with E-state index in [9.17, 15) is 0 Å². The van der Waals surface area contributed by atoms with Gasteiger partial charge in [0.1, 0.15) is 5.76 Å². The van der Waals surface area contributed by atoms with Crippen LogP contribution in [0.3, 0.4) is 0 Å². The van der Waals surface area contributed by atoms with Gasteiger partial charge in [0.2, 0.25) is 0 Å². The highest BCUT2D eigenvalue weighted by Crippen LogP contribution is 2.16. The van der Waals surface area contributed by atoms with Gasteiger partial charge >= 0.3 is 0 Å². The van der Waals surface area contributed by atoms with Crippen LogP contribution in [0.25, 0.3) is 0 Å². The molecule has 3 nitrogen and oxygen atoms in total.